The van der Waals surface area contributed by atoms with Crippen molar-refractivity contribution in [3.8, 4) is 0 Å². The third kappa shape index (κ3) is 3.88. The van der Waals surface area contributed by atoms with Gasteiger partial charge in [0.1, 0.15) is 0 Å². The molecule has 8 nitrogen and oxygen atoms in total. The molecule has 0 amide bonds. The van der Waals surface area contributed by atoms with Gasteiger partial charge < -0.3 is 9.80 Å². The SMILES string of the molecule is CCN(CC)c1ccc(N2CCN(S(=O)(=O)N3CCCC3)CC2)nn1. The number of anilines is 2. The molecule has 1 aromatic rings. The summed E-state index contributed by atoms with van der Waals surface area (Å²) in [6, 6.07) is 3.97. The highest BCUT2D eigenvalue weighted by Crippen LogP contribution is 2.20. The number of piperazine rings is 1. The van der Waals surface area contributed by atoms with Crippen LogP contribution in [0, 0.1) is 0 Å². The van der Waals surface area contributed by atoms with Gasteiger partial charge in [0, 0.05) is 52.4 Å². The summed E-state index contributed by atoms with van der Waals surface area (Å²) in [6.45, 7) is 9.59. The van der Waals surface area contributed by atoms with Gasteiger partial charge in [-0.05, 0) is 38.8 Å². The number of hydrogen-bond acceptors (Lipinski definition) is 6. The first-order chi connectivity index (χ1) is 12.1. The molecule has 2 aliphatic heterocycles. The van der Waals surface area contributed by atoms with Crippen molar-refractivity contribution in [3.63, 3.8) is 0 Å². The lowest BCUT2D eigenvalue weighted by molar-refractivity contribution is 0.343. The summed E-state index contributed by atoms with van der Waals surface area (Å²) >= 11 is 0. The molecule has 2 saturated heterocycles. The van der Waals surface area contributed by atoms with Gasteiger partial charge in [-0.1, -0.05) is 0 Å². The molecule has 0 N–H and O–H groups in total. The van der Waals surface area contributed by atoms with E-state index in [1.54, 1.807) is 8.61 Å². The molecule has 0 saturated carbocycles. The van der Waals surface area contributed by atoms with Crippen molar-refractivity contribution in [3.05, 3.63) is 12.1 Å². The lowest BCUT2D eigenvalue weighted by Crippen LogP contribution is -2.52. The Bertz CT molecular complexity index is 648. The van der Waals surface area contributed by atoms with Gasteiger partial charge in [0.15, 0.2) is 11.6 Å². The number of rotatable bonds is 6. The molecule has 2 aliphatic rings. The summed E-state index contributed by atoms with van der Waals surface area (Å²) in [5.74, 6) is 1.69. The van der Waals surface area contributed by atoms with Crippen molar-refractivity contribution in [2.75, 3.05) is 62.2 Å². The number of nitrogens with zero attached hydrogens (tertiary/aromatic N) is 6. The van der Waals surface area contributed by atoms with Crippen LogP contribution in [0.25, 0.3) is 0 Å². The standard InChI is InChI=1S/C16H28N6O2S/c1-3-19(4-2)15-7-8-16(18-17-15)20-11-13-22(14-12-20)25(23,24)21-9-5-6-10-21/h7-8H,3-6,9-14H2,1-2H3. The second-order valence-corrected chi connectivity index (χ2v) is 8.35. The van der Waals surface area contributed by atoms with Crippen LogP contribution in [0.4, 0.5) is 11.6 Å². The van der Waals surface area contributed by atoms with E-state index in [9.17, 15) is 8.42 Å². The molecule has 0 atom stereocenters. The van der Waals surface area contributed by atoms with Crippen LogP contribution in [-0.4, -0.2) is 79.6 Å². The van der Waals surface area contributed by atoms with Gasteiger partial charge in [-0.2, -0.15) is 17.0 Å². The van der Waals surface area contributed by atoms with E-state index < -0.39 is 10.2 Å². The second kappa shape index (κ2) is 7.84. The van der Waals surface area contributed by atoms with Crippen LogP contribution in [-0.2, 0) is 10.2 Å². The van der Waals surface area contributed by atoms with E-state index in [-0.39, 0.29) is 0 Å². The summed E-state index contributed by atoms with van der Waals surface area (Å²) < 4.78 is 28.4. The first-order valence-electron chi connectivity index (χ1n) is 9.15. The highest BCUT2D eigenvalue weighted by atomic mass is 32.2. The van der Waals surface area contributed by atoms with Crippen LogP contribution in [0.2, 0.25) is 0 Å². The van der Waals surface area contributed by atoms with Gasteiger partial charge in [-0.25, -0.2) is 0 Å². The molecule has 2 fully saturated rings. The molecule has 0 aromatic carbocycles. The van der Waals surface area contributed by atoms with E-state index >= 15 is 0 Å². The Kier molecular flexibility index (Phi) is 5.75. The van der Waals surface area contributed by atoms with E-state index in [0.717, 1.165) is 37.6 Å². The van der Waals surface area contributed by atoms with E-state index in [1.807, 2.05) is 12.1 Å². The van der Waals surface area contributed by atoms with Crippen molar-refractivity contribution in [1.82, 2.24) is 18.8 Å². The molecule has 0 radical (unpaired) electrons. The zero-order valence-electron chi connectivity index (χ0n) is 15.1. The zero-order valence-corrected chi connectivity index (χ0v) is 16.0. The van der Waals surface area contributed by atoms with Gasteiger partial charge in [-0.15, -0.1) is 10.2 Å². The molecule has 0 aliphatic carbocycles. The summed E-state index contributed by atoms with van der Waals surface area (Å²) in [4.78, 5) is 4.26. The van der Waals surface area contributed by atoms with Crippen LogP contribution in [0.3, 0.4) is 0 Å². The van der Waals surface area contributed by atoms with E-state index in [4.69, 9.17) is 0 Å². The maximum atomic E-state index is 12.6. The molecule has 0 unspecified atom stereocenters. The van der Waals surface area contributed by atoms with Crippen LogP contribution >= 0.6 is 0 Å². The molecule has 3 heterocycles. The monoisotopic (exact) mass is 368 g/mol. The van der Waals surface area contributed by atoms with E-state index in [2.05, 4.69) is 33.8 Å². The summed E-state index contributed by atoms with van der Waals surface area (Å²) in [5, 5.41) is 8.66. The van der Waals surface area contributed by atoms with Crippen molar-refractivity contribution in [2.24, 2.45) is 0 Å². The maximum absolute atomic E-state index is 12.6. The molecule has 1 aromatic heterocycles. The predicted molar refractivity (Wildman–Crippen MR) is 99.1 cm³/mol. The Morgan fingerprint density at radius 2 is 1.52 bits per heavy atom. The third-order valence-corrected chi connectivity index (χ3v) is 7.04. The first kappa shape index (κ1) is 18.3. The normalized spacial score (nSPS) is 20.2. The highest BCUT2D eigenvalue weighted by Gasteiger charge is 2.34. The molecule has 0 bridgehead atoms. The molecule has 140 valence electrons. The fourth-order valence-electron chi connectivity index (χ4n) is 3.43. The molecule has 0 spiro atoms. The minimum absolute atomic E-state index is 0.498. The van der Waals surface area contributed by atoms with Gasteiger partial charge in [0.05, 0.1) is 0 Å². The van der Waals surface area contributed by atoms with Crippen LogP contribution < -0.4 is 9.80 Å². The Labute approximate surface area is 150 Å². The minimum Gasteiger partial charge on any atom is -0.356 e. The summed E-state index contributed by atoms with van der Waals surface area (Å²) in [5.41, 5.74) is 0. The number of aromatic nitrogens is 2. The third-order valence-electron chi connectivity index (χ3n) is 5.00. The molecular formula is C16H28N6O2S. The average molecular weight is 369 g/mol. The van der Waals surface area contributed by atoms with Gasteiger partial charge in [0.25, 0.3) is 10.2 Å². The Balaban J connectivity index is 1.60. The van der Waals surface area contributed by atoms with Gasteiger partial charge >= 0.3 is 0 Å². The van der Waals surface area contributed by atoms with Crippen LogP contribution in [0.1, 0.15) is 26.7 Å². The van der Waals surface area contributed by atoms with Crippen molar-refractivity contribution in [1.29, 1.82) is 0 Å². The zero-order chi connectivity index (χ0) is 17.9. The summed E-state index contributed by atoms with van der Waals surface area (Å²) in [7, 11) is -3.29. The second-order valence-electron chi connectivity index (χ2n) is 6.42. The molecular weight excluding hydrogens is 340 g/mol. The van der Waals surface area contributed by atoms with Crippen LogP contribution in [0.15, 0.2) is 12.1 Å². The Hall–Kier alpha value is -1.45. The average Bonchev–Trinajstić information content (AvgIpc) is 3.19. The van der Waals surface area contributed by atoms with Gasteiger partial charge in [-0.3, -0.25) is 0 Å². The fourth-order valence-corrected chi connectivity index (χ4v) is 5.10. The minimum atomic E-state index is -3.29. The highest BCUT2D eigenvalue weighted by molar-refractivity contribution is 7.86. The van der Waals surface area contributed by atoms with E-state index in [0.29, 0.717) is 39.3 Å². The van der Waals surface area contributed by atoms with Gasteiger partial charge in [0.2, 0.25) is 0 Å². The van der Waals surface area contributed by atoms with Crippen LogP contribution in [0.5, 0.6) is 0 Å². The number of hydrogen-bond donors (Lipinski definition) is 0. The lowest BCUT2D eigenvalue weighted by Gasteiger charge is -2.36. The fraction of sp³-hybridized carbons (Fsp3) is 0.750. The van der Waals surface area contributed by atoms with Crippen molar-refractivity contribution < 1.29 is 8.42 Å². The smallest absolute Gasteiger partial charge is 0.282 e. The first-order valence-corrected chi connectivity index (χ1v) is 10.5. The van der Waals surface area contributed by atoms with Crippen molar-refractivity contribution in [2.45, 2.75) is 26.7 Å². The molecule has 25 heavy (non-hydrogen) atoms. The Morgan fingerprint density at radius 3 is 2.04 bits per heavy atom. The summed E-state index contributed by atoms with van der Waals surface area (Å²) in [6.07, 6.45) is 1.93. The maximum Gasteiger partial charge on any atom is 0.282 e. The largest absolute Gasteiger partial charge is 0.356 e. The molecule has 9 heteroatoms. The van der Waals surface area contributed by atoms with E-state index in [1.165, 1.54) is 0 Å². The Morgan fingerprint density at radius 1 is 0.920 bits per heavy atom. The quantitative estimate of drug-likeness (QED) is 0.739. The topological polar surface area (TPSA) is 72.9 Å². The predicted octanol–water partition coefficient (Wildman–Crippen LogP) is 0.785. The van der Waals surface area contributed by atoms with Crippen molar-refractivity contribution >= 4 is 21.8 Å². The molecule has 3 rings (SSSR count). The lowest BCUT2D eigenvalue weighted by atomic mass is 10.3.